The number of pyridine rings is 1. The van der Waals surface area contributed by atoms with Crippen LogP contribution in [0.15, 0.2) is 72.9 Å². The molecule has 0 atom stereocenters. The van der Waals surface area contributed by atoms with Crippen LogP contribution in [0.5, 0.6) is 0 Å². The average molecular weight is 345 g/mol. The van der Waals surface area contributed by atoms with Gasteiger partial charge >= 0.3 is 0 Å². The summed E-state index contributed by atoms with van der Waals surface area (Å²) in [7, 11) is 0. The van der Waals surface area contributed by atoms with Gasteiger partial charge in [0, 0.05) is 24.0 Å². The van der Waals surface area contributed by atoms with Crippen LogP contribution < -0.4 is 10.6 Å². The van der Waals surface area contributed by atoms with E-state index in [9.17, 15) is 4.79 Å². The van der Waals surface area contributed by atoms with Crippen LogP contribution in [0.25, 0.3) is 0 Å². The molecule has 0 aliphatic rings. The van der Waals surface area contributed by atoms with Crippen LogP contribution in [0.1, 0.15) is 28.4 Å². The van der Waals surface area contributed by atoms with E-state index in [2.05, 4.69) is 34.7 Å². The zero-order chi connectivity index (χ0) is 18.2. The molecule has 0 spiro atoms. The highest BCUT2D eigenvalue weighted by Crippen LogP contribution is 2.17. The van der Waals surface area contributed by atoms with E-state index in [0.29, 0.717) is 11.4 Å². The van der Waals surface area contributed by atoms with Gasteiger partial charge in [-0.25, -0.2) is 4.98 Å². The van der Waals surface area contributed by atoms with Crippen molar-refractivity contribution < 1.29 is 4.79 Å². The molecule has 2 aromatic carbocycles. The number of aryl methyl sites for hydroxylation is 1. The maximum atomic E-state index is 12.6. The Balaban J connectivity index is 1.62. The van der Waals surface area contributed by atoms with Crippen molar-refractivity contribution in [3.8, 4) is 0 Å². The number of anilines is 2. The molecule has 3 rings (SSSR count). The zero-order valence-corrected chi connectivity index (χ0v) is 14.9. The van der Waals surface area contributed by atoms with E-state index in [1.54, 1.807) is 18.3 Å². The molecule has 0 saturated carbocycles. The van der Waals surface area contributed by atoms with E-state index in [-0.39, 0.29) is 5.91 Å². The van der Waals surface area contributed by atoms with Gasteiger partial charge in [0.1, 0.15) is 5.82 Å². The summed E-state index contributed by atoms with van der Waals surface area (Å²) in [6.07, 6.45) is 3.44. The fourth-order valence-electron chi connectivity index (χ4n) is 2.79. The molecule has 0 radical (unpaired) electrons. The maximum absolute atomic E-state index is 12.6. The molecule has 1 aromatic heterocycles. The molecule has 0 bridgehead atoms. The number of hydrogen-bond donors (Lipinski definition) is 2. The van der Waals surface area contributed by atoms with Crippen LogP contribution in [0.4, 0.5) is 11.5 Å². The van der Waals surface area contributed by atoms with E-state index in [1.807, 2.05) is 42.5 Å². The Morgan fingerprint density at radius 3 is 2.58 bits per heavy atom. The van der Waals surface area contributed by atoms with Gasteiger partial charge in [-0.1, -0.05) is 55.5 Å². The van der Waals surface area contributed by atoms with Crippen molar-refractivity contribution in [2.75, 3.05) is 17.2 Å². The van der Waals surface area contributed by atoms with Crippen LogP contribution in [0.2, 0.25) is 0 Å². The molecule has 0 saturated heterocycles. The Morgan fingerprint density at radius 2 is 1.77 bits per heavy atom. The summed E-state index contributed by atoms with van der Waals surface area (Å²) in [5, 5.41) is 6.28. The lowest BCUT2D eigenvalue weighted by Gasteiger charge is -2.11. The molecular weight excluding hydrogens is 322 g/mol. The molecule has 3 aromatic rings. The van der Waals surface area contributed by atoms with Crippen molar-refractivity contribution in [2.24, 2.45) is 0 Å². The molecule has 1 heterocycles. The number of hydrogen-bond acceptors (Lipinski definition) is 3. The minimum absolute atomic E-state index is 0.126. The van der Waals surface area contributed by atoms with E-state index in [0.717, 1.165) is 30.6 Å². The quantitative estimate of drug-likeness (QED) is 0.660. The van der Waals surface area contributed by atoms with Gasteiger partial charge in [0.05, 0.1) is 0 Å². The van der Waals surface area contributed by atoms with E-state index < -0.39 is 0 Å². The summed E-state index contributed by atoms with van der Waals surface area (Å²) in [6, 6.07) is 21.7. The molecular formula is C22H23N3O. The Kier molecular flexibility index (Phi) is 5.99. The van der Waals surface area contributed by atoms with E-state index in [4.69, 9.17) is 0 Å². The van der Waals surface area contributed by atoms with Crippen molar-refractivity contribution >= 4 is 17.4 Å². The number of benzene rings is 2. The highest BCUT2D eigenvalue weighted by Gasteiger charge is 2.09. The summed E-state index contributed by atoms with van der Waals surface area (Å²) in [5.74, 6) is 0.580. The minimum atomic E-state index is -0.126. The maximum Gasteiger partial charge on any atom is 0.255 e. The molecule has 0 aliphatic carbocycles. The Hall–Kier alpha value is -3.14. The molecule has 0 aliphatic heterocycles. The van der Waals surface area contributed by atoms with Crippen molar-refractivity contribution in [3.63, 3.8) is 0 Å². The number of aromatic nitrogens is 1. The number of para-hydroxylation sites is 1. The van der Waals surface area contributed by atoms with Crippen molar-refractivity contribution in [1.82, 2.24) is 4.98 Å². The standard InChI is InChI=1S/C22H23N3O/c1-2-18-10-6-7-11-20(18)25-22(26)19-13-15-24-21(16-19)23-14-12-17-8-4-3-5-9-17/h3-11,13,15-16H,2,12,14H2,1H3,(H,23,24)(H,25,26). The number of amides is 1. The third-order valence-electron chi connectivity index (χ3n) is 4.23. The van der Waals surface area contributed by atoms with E-state index in [1.165, 1.54) is 5.56 Å². The number of carbonyl (C=O) groups is 1. The number of rotatable bonds is 7. The SMILES string of the molecule is CCc1ccccc1NC(=O)c1ccnc(NCCc2ccccc2)c1. The van der Waals surface area contributed by atoms with Gasteiger partial charge in [-0.05, 0) is 42.2 Å². The van der Waals surface area contributed by atoms with E-state index >= 15 is 0 Å². The van der Waals surface area contributed by atoms with Crippen LogP contribution in [-0.4, -0.2) is 17.4 Å². The molecule has 26 heavy (non-hydrogen) atoms. The predicted molar refractivity (Wildman–Crippen MR) is 107 cm³/mol. The third-order valence-corrected chi connectivity index (χ3v) is 4.23. The smallest absolute Gasteiger partial charge is 0.255 e. The van der Waals surface area contributed by atoms with Gasteiger partial charge in [-0.2, -0.15) is 0 Å². The first-order valence-electron chi connectivity index (χ1n) is 8.89. The van der Waals surface area contributed by atoms with Gasteiger partial charge in [0.25, 0.3) is 5.91 Å². The highest BCUT2D eigenvalue weighted by molar-refractivity contribution is 6.05. The molecule has 2 N–H and O–H groups in total. The monoisotopic (exact) mass is 345 g/mol. The first-order chi connectivity index (χ1) is 12.8. The summed E-state index contributed by atoms with van der Waals surface area (Å²) in [5.41, 5.74) is 3.84. The van der Waals surface area contributed by atoms with Gasteiger partial charge in [-0.3, -0.25) is 4.79 Å². The average Bonchev–Trinajstić information content (AvgIpc) is 2.69. The predicted octanol–water partition coefficient (Wildman–Crippen LogP) is 4.55. The summed E-state index contributed by atoms with van der Waals surface area (Å²) in [4.78, 5) is 16.9. The van der Waals surface area contributed by atoms with Gasteiger partial charge in [0.2, 0.25) is 0 Å². The fraction of sp³-hybridized carbons (Fsp3) is 0.182. The summed E-state index contributed by atoms with van der Waals surface area (Å²) >= 11 is 0. The molecule has 4 heteroatoms. The topological polar surface area (TPSA) is 54.0 Å². The second-order valence-corrected chi connectivity index (χ2v) is 6.06. The zero-order valence-electron chi connectivity index (χ0n) is 14.9. The Bertz CT molecular complexity index is 862. The van der Waals surface area contributed by atoms with Crippen LogP contribution >= 0.6 is 0 Å². The first kappa shape index (κ1) is 17.7. The normalized spacial score (nSPS) is 10.3. The lowest BCUT2D eigenvalue weighted by atomic mass is 10.1. The molecule has 132 valence electrons. The van der Waals surface area contributed by atoms with Gasteiger partial charge in [-0.15, -0.1) is 0 Å². The highest BCUT2D eigenvalue weighted by atomic mass is 16.1. The van der Waals surface area contributed by atoms with Crippen molar-refractivity contribution in [2.45, 2.75) is 19.8 Å². The van der Waals surface area contributed by atoms with Crippen molar-refractivity contribution in [3.05, 3.63) is 89.6 Å². The molecule has 4 nitrogen and oxygen atoms in total. The number of carbonyl (C=O) groups excluding carboxylic acids is 1. The lowest BCUT2D eigenvalue weighted by Crippen LogP contribution is -2.14. The minimum Gasteiger partial charge on any atom is -0.370 e. The second-order valence-electron chi connectivity index (χ2n) is 6.06. The summed E-state index contributed by atoms with van der Waals surface area (Å²) in [6.45, 7) is 2.84. The Labute approximate surface area is 154 Å². The fourth-order valence-corrected chi connectivity index (χ4v) is 2.79. The van der Waals surface area contributed by atoms with Crippen LogP contribution in [0.3, 0.4) is 0 Å². The number of nitrogens with zero attached hydrogens (tertiary/aromatic N) is 1. The largest absolute Gasteiger partial charge is 0.370 e. The molecule has 0 fully saturated rings. The number of nitrogens with one attached hydrogen (secondary N) is 2. The third kappa shape index (κ3) is 4.70. The van der Waals surface area contributed by atoms with Gasteiger partial charge < -0.3 is 10.6 Å². The van der Waals surface area contributed by atoms with Gasteiger partial charge in [0.15, 0.2) is 0 Å². The molecule has 1 amide bonds. The molecule has 0 unspecified atom stereocenters. The Morgan fingerprint density at radius 1 is 1.00 bits per heavy atom. The second kappa shape index (κ2) is 8.81. The summed E-state index contributed by atoms with van der Waals surface area (Å²) < 4.78 is 0. The first-order valence-corrected chi connectivity index (χ1v) is 8.89. The lowest BCUT2D eigenvalue weighted by molar-refractivity contribution is 0.102. The van der Waals surface area contributed by atoms with Crippen molar-refractivity contribution in [1.29, 1.82) is 0 Å². The van der Waals surface area contributed by atoms with Crippen LogP contribution in [0, 0.1) is 0 Å². The van der Waals surface area contributed by atoms with Crippen LogP contribution in [-0.2, 0) is 12.8 Å².